The van der Waals surface area contributed by atoms with Crippen LogP contribution in [0.4, 0.5) is 0 Å². The first-order valence-electron chi connectivity index (χ1n) is 18.0. The van der Waals surface area contributed by atoms with E-state index >= 15 is 0 Å². The van der Waals surface area contributed by atoms with Gasteiger partial charge in [-0.1, -0.05) is 104 Å². The van der Waals surface area contributed by atoms with Crippen LogP contribution in [0.2, 0.25) is 0 Å². The number of benzene rings is 3. The van der Waals surface area contributed by atoms with Crippen molar-refractivity contribution in [1.82, 2.24) is 0 Å². The Bertz CT molecular complexity index is 1310. The van der Waals surface area contributed by atoms with Crippen molar-refractivity contribution in [3.8, 4) is 22.6 Å². The molecule has 0 aliphatic heterocycles. The maximum Gasteiger partial charge on any atom is 0.343 e. The molecule has 0 bridgehead atoms. The molecule has 5 nitrogen and oxygen atoms in total. The van der Waals surface area contributed by atoms with Crippen LogP contribution in [0.15, 0.2) is 72.8 Å². The van der Waals surface area contributed by atoms with Gasteiger partial charge in [-0.25, -0.2) is 9.59 Å². The second kappa shape index (κ2) is 20.6. The highest BCUT2D eigenvalue weighted by Gasteiger charge is 2.17. The van der Waals surface area contributed by atoms with Gasteiger partial charge in [-0.05, 0) is 109 Å². The molecule has 3 rings (SSSR count). The molecule has 0 N–H and O–H groups in total. The van der Waals surface area contributed by atoms with Gasteiger partial charge in [0.1, 0.15) is 11.5 Å². The van der Waals surface area contributed by atoms with Crippen LogP contribution in [0.5, 0.6) is 11.5 Å². The maximum atomic E-state index is 12.8. The highest BCUT2D eigenvalue weighted by molar-refractivity contribution is 5.92. The lowest BCUT2D eigenvalue weighted by atomic mass is 9.85. The monoisotopic (exact) mass is 642 g/mol. The van der Waals surface area contributed by atoms with Crippen LogP contribution < -0.4 is 9.47 Å². The van der Waals surface area contributed by atoms with E-state index in [0.29, 0.717) is 41.2 Å². The van der Waals surface area contributed by atoms with Gasteiger partial charge in [0, 0.05) is 0 Å². The predicted octanol–water partition coefficient (Wildman–Crippen LogP) is 11.6. The van der Waals surface area contributed by atoms with Gasteiger partial charge in [0.05, 0.1) is 24.3 Å². The van der Waals surface area contributed by atoms with Crippen LogP contribution in [0.3, 0.4) is 0 Å². The third kappa shape index (κ3) is 14.0. The molecule has 47 heavy (non-hydrogen) atoms. The fourth-order valence-corrected chi connectivity index (χ4v) is 6.23. The lowest BCUT2D eigenvalue weighted by Gasteiger charge is -2.22. The normalized spacial score (nSPS) is 13.7. The summed E-state index contributed by atoms with van der Waals surface area (Å²) in [6.45, 7) is 14.7. The van der Waals surface area contributed by atoms with Crippen LogP contribution in [-0.4, -0.2) is 25.2 Å². The quantitative estimate of drug-likeness (QED) is 0.0657. The molecule has 0 saturated carbocycles. The number of rotatable bonds is 21. The zero-order valence-electron chi connectivity index (χ0n) is 29.8. The Morgan fingerprint density at radius 1 is 0.553 bits per heavy atom. The fraction of sp³-hybridized carbons (Fsp3) is 0.524. The SMILES string of the molecule is CCCCCCCCOc1ccc(-c2ccc(C(=O)Oc3ccc(C(=O)OC[C@@H](C)C[C@H](C)C[C@H](C)C[C@H](C)CC)cc3)cc2)cc1. The third-order valence-electron chi connectivity index (χ3n) is 8.99. The van der Waals surface area contributed by atoms with Crippen molar-refractivity contribution >= 4 is 11.9 Å². The van der Waals surface area contributed by atoms with Crippen LogP contribution >= 0.6 is 0 Å². The highest BCUT2D eigenvalue weighted by Crippen LogP contribution is 2.26. The van der Waals surface area contributed by atoms with Crippen molar-refractivity contribution < 1.29 is 23.8 Å². The molecule has 3 aromatic carbocycles. The van der Waals surface area contributed by atoms with E-state index < -0.39 is 5.97 Å². The first kappa shape index (κ1) is 37.9. The zero-order chi connectivity index (χ0) is 34.0. The fourth-order valence-electron chi connectivity index (χ4n) is 6.23. The molecular formula is C42H58O5. The van der Waals surface area contributed by atoms with Crippen molar-refractivity contribution in [3.63, 3.8) is 0 Å². The molecule has 0 heterocycles. The Morgan fingerprint density at radius 3 is 1.66 bits per heavy atom. The van der Waals surface area contributed by atoms with Gasteiger partial charge in [0.2, 0.25) is 0 Å². The first-order chi connectivity index (χ1) is 22.7. The van der Waals surface area contributed by atoms with E-state index in [2.05, 4.69) is 41.5 Å². The van der Waals surface area contributed by atoms with Crippen molar-refractivity contribution in [2.24, 2.45) is 23.7 Å². The summed E-state index contributed by atoms with van der Waals surface area (Å²) in [6.07, 6.45) is 12.2. The summed E-state index contributed by atoms with van der Waals surface area (Å²) in [5.74, 6) is 2.81. The molecule has 3 aromatic rings. The summed E-state index contributed by atoms with van der Waals surface area (Å²) in [7, 11) is 0. The maximum absolute atomic E-state index is 12.8. The van der Waals surface area contributed by atoms with E-state index in [4.69, 9.17) is 14.2 Å². The molecule has 0 fully saturated rings. The van der Waals surface area contributed by atoms with Crippen LogP contribution in [0, 0.1) is 23.7 Å². The largest absolute Gasteiger partial charge is 0.494 e. The summed E-state index contributed by atoms with van der Waals surface area (Å²) >= 11 is 0. The molecule has 0 radical (unpaired) electrons. The average molecular weight is 643 g/mol. The van der Waals surface area contributed by atoms with E-state index in [1.165, 1.54) is 51.4 Å². The Morgan fingerprint density at radius 2 is 1.04 bits per heavy atom. The minimum atomic E-state index is -0.452. The third-order valence-corrected chi connectivity index (χ3v) is 8.99. The van der Waals surface area contributed by atoms with E-state index in [1.54, 1.807) is 36.4 Å². The molecule has 4 atom stereocenters. The van der Waals surface area contributed by atoms with E-state index in [-0.39, 0.29) is 5.97 Å². The number of ether oxygens (including phenoxy) is 3. The van der Waals surface area contributed by atoms with Crippen molar-refractivity contribution in [2.75, 3.05) is 13.2 Å². The first-order valence-corrected chi connectivity index (χ1v) is 18.0. The number of carbonyl (C=O) groups is 2. The van der Waals surface area contributed by atoms with Gasteiger partial charge < -0.3 is 14.2 Å². The average Bonchev–Trinajstić information content (AvgIpc) is 3.07. The lowest BCUT2D eigenvalue weighted by Crippen LogP contribution is -2.16. The summed E-state index contributed by atoms with van der Waals surface area (Å²) in [6, 6.07) is 21.9. The smallest absolute Gasteiger partial charge is 0.343 e. The summed E-state index contributed by atoms with van der Waals surface area (Å²) in [5, 5.41) is 0. The highest BCUT2D eigenvalue weighted by atomic mass is 16.5. The molecular weight excluding hydrogens is 584 g/mol. The molecule has 0 amide bonds. The molecule has 0 saturated heterocycles. The topological polar surface area (TPSA) is 61.8 Å². The van der Waals surface area contributed by atoms with Gasteiger partial charge in [-0.3, -0.25) is 0 Å². The van der Waals surface area contributed by atoms with E-state index in [1.807, 2.05) is 36.4 Å². The van der Waals surface area contributed by atoms with Crippen LogP contribution in [-0.2, 0) is 4.74 Å². The van der Waals surface area contributed by atoms with Crippen molar-refractivity contribution in [1.29, 1.82) is 0 Å². The van der Waals surface area contributed by atoms with Gasteiger partial charge in [-0.15, -0.1) is 0 Å². The molecule has 0 spiro atoms. The van der Waals surface area contributed by atoms with Gasteiger partial charge in [-0.2, -0.15) is 0 Å². The Balaban J connectivity index is 1.40. The Labute approximate surface area is 284 Å². The minimum absolute atomic E-state index is 0.296. The van der Waals surface area contributed by atoms with E-state index in [0.717, 1.165) is 42.2 Å². The second-order valence-electron chi connectivity index (χ2n) is 13.8. The summed E-state index contributed by atoms with van der Waals surface area (Å²) in [4.78, 5) is 25.4. The summed E-state index contributed by atoms with van der Waals surface area (Å²) < 4.78 is 17.1. The standard InChI is InChI=1S/C42H58O5/c1-7-9-10-11-12-13-26-45-39-22-18-36(19-23-39)35-14-16-38(17-15-35)42(44)47-40-24-20-37(21-25-40)41(43)46-30-34(6)29-33(5)28-32(4)27-31(3)8-2/h14-25,31-34H,7-13,26-30H2,1-6H3/t31-,32-,33-,34+/m1/s1. The Kier molecular flexibility index (Phi) is 16.6. The second-order valence-corrected chi connectivity index (χ2v) is 13.8. The molecule has 0 unspecified atom stereocenters. The summed E-state index contributed by atoms with van der Waals surface area (Å²) in [5.41, 5.74) is 2.95. The van der Waals surface area contributed by atoms with Gasteiger partial charge >= 0.3 is 11.9 Å². The van der Waals surface area contributed by atoms with Gasteiger partial charge in [0.15, 0.2) is 0 Å². The number of unbranched alkanes of at least 4 members (excludes halogenated alkanes) is 5. The van der Waals surface area contributed by atoms with Gasteiger partial charge in [0.25, 0.3) is 0 Å². The number of esters is 2. The molecule has 0 aliphatic carbocycles. The minimum Gasteiger partial charge on any atom is -0.494 e. The number of carbonyl (C=O) groups excluding carboxylic acids is 2. The molecule has 0 aliphatic rings. The number of hydrogen-bond donors (Lipinski definition) is 0. The van der Waals surface area contributed by atoms with Crippen LogP contribution in [0.25, 0.3) is 11.1 Å². The number of hydrogen-bond acceptors (Lipinski definition) is 5. The predicted molar refractivity (Wildman–Crippen MR) is 193 cm³/mol. The Hall–Kier alpha value is -3.60. The van der Waals surface area contributed by atoms with E-state index in [9.17, 15) is 9.59 Å². The van der Waals surface area contributed by atoms with Crippen molar-refractivity contribution in [3.05, 3.63) is 83.9 Å². The zero-order valence-corrected chi connectivity index (χ0v) is 29.8. The van der Waals surface area contributed by atoms with Crippen LogP contribution in [0.1, 0.15) is 126 Å². The molecule has 0 aromatic heterocycles. The molecule has 256 valence electrons. The van der Waals surface area contributed by atoms with Crippen molar-refractivity contribution in [2.45, 2.75) is 106 Å². The molecule has 5 heteroatoms. The lowest BCUT2D eigenvalue weighted by molar-refractivity contribution is 0.0431.